The smallest absolute Gasteiger partial charge is 0.308 e. The van der Waals surface area contributed by atoms with Crippen LogP contribution < -0.4 is 4.90 Å². The first-order chi connectivity index (χ1) is 12.2. The molecular weight excluding hydrogens is 320 g/mol. The van der Waals surface area contributed by atoms with Crippen molar-refractivity contribution in [3.63, 3.8) is 0 Å². The molecule has 0 N–H and O–H groups in total. The first kappa shape index (κ1) is 17.7. The topological polar surface area (TPSA) is 66.0 Å². The number of amides is 1. The Kier molecular flexibility index (Phi) is 5.86. The van der Waals surface area contributed by atoms with E-state index < -0.39 is 0 Å². The van der Waals surface area contributed by atoms with Crippen LogP contribution in [0.2, 0.25) is 0 Å². The standard InChI is InChI=1S/C18H26N4O3/c1-25-18(24)15-5-8-22(9-6-15)17(23)14-20-10-12-21(13-11-20)16-4-2-3-7-19-16/h2-4,7,15H,5-6,8-14H2,1H3. The van der Waals surface area contributed by atoms with Crippen LogP contribution in [0.3, 0.4) is 0 Å². The summed E-state index contributed by atoms with van der Waals surface area (Å²) in [7, 11) is 1.42. The number of carbonyl (C=O) groups is 2. The van der Waals surface area contributed by atoms with E-state index in [9.17, 15) is 9.59 Å². The van der Waals surface area contributed by atoms with Gasteiger partial charge in [-0.25, -0.2) is 4.98 Å². The lowest BCUT2D eigenvalue weighted by atomic mass is 9.97. The number of nitrogens with zero attached hydrogens (tertiary/aromatic N) is 4. The number of aromatic nitrogens is 1. The van der Waals surface area contributed by atoms with Gasteiger partial charge in [0.15, 0.2) is 0 Å². The minimum absolute atomic E-state index is 0.0593. The van der Waals surface area contributed by atoms with E-state index in [0.29, 0.717) is 32.5 Å². The molecule has 25 heavy (non-hydrogen) atoms. The van der Waals surface area contributed by atoms with Crippen molar-refractivity contribution in [2.45, 2.75) is 12.8 Å². The largest absolute Gasteiger partial charge is 0.469 e. The maximum atomic E-state index is 12.5. The van der Waals surface area contributed by atoms with E-state index in [-0.39, 0.29) is 17.8 Å². The van der Waals surface area contributed by atoms with Gasteiger partial charge in [0, 0.05) is 45.5 Å². The fraction of sp³-hybridized carbons (Fsp3) is 0.611. The molecule has 2 aliphatic heterocycles. The summed E-state index contributed by atoms with van der Waals surface area (Å²) in [6, 6.07) is 5.93. The summed E-state index contributed by atoms with van der Waals surface area (Å²) in [5.74, 6) is 0.946. The van der Waals surface area contributed by atoms with Crippen LogP contribution in [0.1, 0.15) is 12.8 Å². The Labute approximate surface area is 148 Å². The number of rotatable bonds is 4. The predicted molar refractivity (Wildman–Crippen MR) is 94.2 cm³/mol. The molecule has 0 unspecified atom stereocenters. The minimum atomic E-state index is -0.155. The van der Waals surface area contributed by atoms with Gasteiger partial charge in [-0.2, -0.15) is 0 Å². The average Bonchev–Trinajstić information content (AvgIpc) is 2.68. The molecule has 0 atom stereocenters. The molecule has 1 aromatic heterocycles. The molecule has 136 valence electrons. The molecule has 2 aliphatic rings. The minimum Gasteiger partial charge on any atom is -0.469 e. The second kappa shape index (κ2) is 8.29. The third-order valence-electron chi connectivity index (χ3n) is 5.09. The van der Waals surface area contributed by atoms with Gasteiger partial charge in [-0.3, -0.25) is 14.5 Å². The molecule has 3 heterocycles. The number of ether oxygens (including phenoxy) is 1. The van der Waals surface area contributed by atoms with Gasteiger partial charge in [-0.05, 0) is 25.0 Å². The summed E-state index contributed by atoms with van der Waals surface area (Å²) < 4.78 is 4.79. The Hall–Kier alpha value is -2.15. The number of carbonyl (C=O) groups excluding carboxylic acids is 2. The second-order valence-electron chi connectivity index (χ2n) is 6.63. The van der Waals surface area contributed by atoms with E-state index >= 15 is 0 Å². The van der Waals surface area contributed by atoms with Crippen molar-refractivity contribution in [2.75, 3.05) is 57.8 Å². The van der Waals surface area contributed by atoms with Crippen molar-refractivity contribution in [2.24, 2.45) is 5.92 Å². The molecule has 0 spiro atoms. The molecule has 3 rings (SSSR count). The van der Waals surface area contributed by atoms with Crippen molar-refractivity contribution in [1.82, 2.24) is 14.8 Å². The van der Waals surface area contributed by atoms with Gasteiger partial charge in [0.2, 0.25) is 5.91 Å². The highest BCUT2D eigenvalue weighted by Gasteiger charge is 2.29. The lowest BCUT2D eigenvalue weighted by Crippen LogP contribution is -2.51. The number of pyridine rings is 1. The highest BCUT2D eigenvalue weighted by Crippen LogP contribution is 2.19. The number of esters is 1. The fourth-order valence-electron chi connectivity index (χ4n) is 3.50. The van der Waals surface area contributed by atoms with E-state index in [1.54, 1.807) is 0 Å². The Morgan fingerprint density at radius 3 is 2.44 bits per heavy atom. The van der Waals surface area contributed by atoms with E-state index in [1.807, 2.05) is 29.3 Å². The van der Waals surface area contributed by atoms with Crippen molar-refractivity contribution in [3.8, 4) is 0 Å². The van der Waals surface area contributed by atoms with Crippen LogP contribution in [0.15, 0.2) is 24.4 Å². The van der Waals surface area contributed by atoms with Gasteiger partial charge in [-0.1, -0.05) is 6.07 Å². The van der Waals surface area contributed by atoms with Crippen molar-refractivity contribution < 1.29 is 14.3 Å². The highest BCUT2D eigenvalue weighted by atomic mass is 16.5. The lowest BCUT2D eigenvalue weighted by molar-refractivity contribution is -0.149. The molecule has 0 saturated carbocycles. The van der Waals surface area contributed by atoms with E-state index in [2.05, 4.69) is 14.8 Å². The van der Waals surface area contributed by atoms with Crippen LogP contribution in [0.5, 0.6) is 0 Å². The van der Waals surface area contributed by atoms with Crippen molar-refractivity contribution in [1.29, 1.82) is 0 Å². The molecule has 0 aliphatic carbocycles. The van der Waals surface area contributed by atoms with Gasteiger partial charge in [0.25, 0.3) is 0 Å². The fourth-order valence-corrected chi connectivity index (χ4v) is 3.50. The van der Waals surface area contributed by atoms with Gasteiger partial charge in [-0.15, -0.1) is 0 Å². The molecule has 7 nitrogen and oxygen atoms in total. The first-order valence-electron chi connectivity index (χ1n) is 8.91. The van der Waals surface area contributed by atoms with Gasteiger partial charge in [0.05, 0.1) is 19.6 Å². The molecule has 1 aromatic rings. The third-order valence-corrected chi connectivity index (χ3v) is 5.09. The highest BCUT2D eigenvalue weighted by molar-refractivity contribution is 5.79. The third kappa shape index (κ3) is 4.48. The van der Waals surface area contributed by atoms with Crippen LogP contribution in [0, 0.1) is 5.92 Å². The Bertz CT molecular complexity index is 579. The molecule has 7 heteroatoms. The number of hydrogen-bond acceptors (Lipinski definition) is 6. The molecule has 2 saturated heterocycles. The summed E-state index contributed by atoms with van der Waals surface area (Å²) in [6.45, 7) is 5.24. The van der Waals surface area contributed by atoms with Gasteiger partial charge >= 0.3 is 5.97 Å². The summed E-state index contributed by atoms with van der Waals surface area (Å²) >= 11 is 0. The summed E-state index contributed by atoms with van der Waals surface area (Å²) in [4.78, 5) is 34.8. The Morgan fingerprint density at radius 2 is 1.84 bits per heavy atom. The van der Waals surface area contributed by atoms with Crippen LogP contribution in [-0.4, -0.2) is 79.6 Å². The number of piperidine rings is 1. The normalized spacial score (nSPS) is 19.7. The summed E-state index contributed by atoms with van der Waals surface area (Å²) in [5, 5.41) is 0. The van der Waals surface area contributed by atoms with E-state index in [1.165, 1.54) is 7.11 Å². The Balaban J connectivity index is 1.42. The quantitative estimate of drug-likeness (QED) is 0.745. The summed E-state index contributed by atoms with van der Waals surface area (Å²) in [6.07, 6.45) is 3.21. The number of piperazine rings is 1. The molecule has 0 aromatic carbocycles. The summed E-state index contributed by atoms with van der Waals surface area (Å²) in [5.41, 5.74) is 0. The monoisotopic (exact) mass is 346 g/mol. The molecular formula is C18H26N4O3. The lowest BCUT2D eigenvalue weighted by Gasteiger charge is -2.37. The molecule has 0 bridgehead atoms. The zero-order chi connectivity index (χ0) is 17.6. The molecule has 0 radical (unpaired) electrons. The number of hydrogen-bond donors (Lipinski definition) is 0. The van der Waals surface area contributed by atoms with Crippen LogP contribution >= 0.6 is 0 Å². The average molecular weight is 346 g/mol. The van der Waals surface area contributed by atoms with E-state index in [0.717, 1.165) is 32.0 Å². The van der Waals surface area contributed by atoms with Crippen LogP contribution in [0.4, 0.5) is 5.82 Å². The van der Waals surface area contributed by atoms with Crippen LogP contribution in [-0.2, 0) is 14.3 Å². The number of likely N-dealkylation sites (tertiary alicyclic amines) is 1. The predicted octanol–water partition coefficient (Wildman–Crippen LogP) is 0.615. The maximum absolute atomic E-state index is 12.5. The maximum Gasteiger partial charge on any atom is 0.308 e. The van der Waals surface area contributed by atoms with Crippen molar-refractivity contribution in [3.05, 3.63) is 24.4 Å². The van der Waals surface area contributed by atoms with Gasteiger partial charge < -0.3 is 14.5 Å². The SMILES string of the molecule is COC(=O)C1CCN(C(=O)CN2CCN(c3ccccn3)CC2)CC1. The van der Waals surface area contributed by atoms with Gasteiger partial charge in [0.1, 0.15) is 5.82 Å². The Morgan fingerprint density at radius 1 is 1.12 bits per heavy atom. The van der Waals surface area contributed by atoms with Crippen LogP contribution in [0.25, 0.3) is 0 Å². The zero-order valence-corrected chi connectivity index (χ0v) is 14.8. The zero-order valence-electron chi connectivity index (χ0n) is 14.8. The van der Waals surface area contributed by atoms with E-state index in [4.69, 9.17) is 4.74 Å². The molecule has 2 fully saturated rings. The number of methoxy groups -OCH3 is 1. The second-order valence-corrected chi connectivity index (χ2v) is 6.63. The molecule has 1 amide bonds. The number of anilines is 1. The first-order valence-corrected chi connectivity index (χ1v) is 8.91. The van der Waals surface area contributed by atoms with Crippen molar-refractivity contribution >= 4 is 17.7 Å².